The normalized spacial score (nSPS) is 16.2. The fourth-order valence-corrected chi connectivity index (χ4v) is 4.09. The summed E-state index contributed by atoms with van der Waals surface area (Å²) in [5.74, 6) is 0.570. The van der Waals surface area contributed by atoms with Crippen LogP contribution in [0.15, 0.2) is 65.1 Å². The first-order chi connectivity index (χ1) is 14.1. The van der Waals surface area contributed by atoms with Gasteiger partial charge >= 0.3 is 0 Å². The molecule has 152 valence electrons. The summed E-state index contributed by atoms with van der Waals surface area (Å²) in [6.45, 7) is 3.86. The molecule has 1 aliphatic heterocycles. The van der Waals surface area contributed by atoms with Crippen LogP contribution in [0.25, 0.3) is 10.8 Å². The maximum Gasteiger partial charge on any atom is 0.146 e. The number of aliphatic hydroxyl groups is 1. The maximum absolute atomic E-state index is 13.9. The van der Waals surface area contributed by atoms with E-state index in [4.69, 9.17) is 4.74 Å². The standard InChI is InChI=1S/C23H24BrFN2O2/c24-19-7-5-18-14-21(8-6-17(18)13-19)29-16-20(28)15-26-9-11-27(12-10-26)23-4-2-1-3-22(23)25/h1-8,13-14,20,28H,9-12,15-16H2/t20-/m1/s1. The number of aliphatic hydroxyl groups excluding tert-OH is 1. The Morgan fingerprint density at radius 2 is 1.69 bits per heavy atom. The number of hydrogen-bond acceptors (Lipinski definition) is 4. The first-order valence-corrected chi connectivity index (χ1v) is 10.6. The number of anilines is 1. The molecule has 0 spiro atoms. The van der Waals surface area contributed by atoms with Gasteiger partial charge in [0.2, 0.25) is 0 Å². The molecule has 4 nitrogen and oxygen atoms in total. The predicted octanol–water partition coefficient (Wildman–Crippen LogP) is 4.30. The molecule has 6 heteroatoms. The Morgan fingerprint density at radius 3 is 2.48 bits per heavy atom. The van der Waals surface area contributed by atoms with Crippen molar-refractivity contribution in [2.75, 3.05) is 44.2 Å². The SMILES string of the molecule is O[C@@H](COc1ccc2cc(Br)ccc2c1)CN1CCN(c2ccccc2F)CC1. The van der Waals surface area contributed by atoms with E-state index in [1.54, 1.807) is 6.07 Å². The van der Waals surface area contributed by atoms with Crippen molar-refractivity contribution in [3.63, 3.8) is 0 Å². The van der Waals surface area contributed by atoms with Crippen LogP contribution in [-0.2, 0) is 0 Å². The quantitative estimate of drug-likeness (QED) is 0.597. The van der Waals surface area contributed by atoms with Gasteiger partial charge in [-0.3, -0.25) is 4.90 Å². The van der Waals surface area contributed by atoms with Crippen molar-refractivity contribution in [1.29, 1.82) is 0 Å². The molecular formula is C23H24BrFN2O2. The van der Waals surface area contributed by atoms with E-state index in [2.05, 4.69) is 31.8 Å². The summed E-state index contributed by atoms with van der Waals surface area (Å²) in [7, 11) is 0. The molecule has 1 saturated heterocycles. The number of hydrogen-bond donors (Lipinski definition) is 1. The molecule has 1 aliphatic rings. The fraction of sp³-hybridized carbons (Fsp3) is 0.304. The average molecular weight is 459 g/mol. The number of nitrogens with zero attached hydrogens (tertiary/aromatic N) is 2. The summed E-state index contributed by atoms with van der Waals surface area (Å²) < 4.78 is 20.8. The first kappa shape index (κ1) is 20.1. The van der Waals surface area contributed by atoms with Crippen LogP contribution in [0.5, 0.6) is 5.75 Å². The van der Waals surface area contributed by atoms with E-state index in [0.717, 1.165) is 47.2 Å². The number of ether oxygens (including phenoxy) is 1. The Labute approximate surface area is 178 Å². The molecule has 29 heavy (non-hydrogen) atoms. The minimum absolute atomic E-state index is 0.183. The number of para-hydroxylation sites is 1. The van der Waals surface area contributed by atoms with Crippen LogP contribution in [0.1, 0.15) is 0 Å². The summed E-state index contributed by atoms with van der Waals surface area (Å²) in [5.41, 5.74) is 0.652. The summed E-state index contributed by atoms with van der Waals surface area (Å²) >= 11 is 3.48. The molecule has 0 aromatic heterocycles. The highest BCUT2D eigenvalue weighted by Gasteiger charge is 2.21. The van der Waals surface area contributed by atoms with E-state index in [1.165, 1.54) is 6.07 Å². The van der Waals surface area contributed by atoms with Crippen LogP contribution < -0.4 is 9.64 Å². The zero-order valence-electron chi connectivity index (χ0n) is 16.1. The molecule has 3 aromatic rings. The summed E-state index contributed by atoms with van der Waals surface area (Å²) in [4.78, 5) is 4.26. The van der Waals surface area contributed by atoms with Gasteiger partial charge in [-0.2, -0.15) is 0 Å². The largest absolute Gasteiger partial charge is 0.491 e. The van der Waals surface area contributed by atoms with Gasteiger partial charge in [0.05, 0.1) is 5.69 Å². The molecule has 0 saturated carbocycles. The van der Waals surface area contributed by atoms with Crippen LogP contribution in [0, 0.1) is 5.82 Å². The van der Waals surface area contributed by atoms with E-state index in [1.807, 2.05) is 42.5 Å². The molecular weight excluding hydrogens is 435 g/mol. The highest BCUT2D eigenvalue weighted by molar-refractivity contribution is 9.10. The van der Waals surface area contributed by atoms with Crippen LogP contribution >= 0.6 is 15.9 Å². The Morgan fingerprint density at radius 1 is 0.966 bits per heavy atom. The van der Waals surface area contributed by atoms with Crippen molar-refractivity contribution >= 4 is 32.4 Å². The zero-order valence-corrected chi connectivity index (χ0v) is 17.7. The van der Waals surface area contributed by atoms with E-state index in [-0.39, 0.29) is 12.4 Å². The van der Waals surface area contributed by atoms with Gasteiger partial charge in [0.25, 0.3) is 0 Å². The highest BCUT2D eigenvalue weighted by Crippen LogP contribution is 2.24. The number of rotatable bonds is 6. The molecule has 1 N–H and O–H groups in total. The Bertz CT molecular complexity index is 976. The van der Waals surface area contributed by atoms with Crippen LogP contribution in [0.3, 0.4) is 0 Å². The van der Waals surface area contributed by atoms with Gasteiger partial charge in [-0.05, 0) is 47.2 Å². The van der Waals surface area contributed by atoms with Crippen molar-refractivity contribution in [1.82, 2.24) is 4.90 Å². The molecule has 1 fully saturated rings. The van der Waals surface area contributed by atoms with Crippen molar-refractivity contribution < 1.29 is 14.2 Å². The molecule has 0 amide bonds. The zero-order chi connectivity index (χ0) is 20.2. The third kappa shape index (κ3) is 5.07. The maximum atomic E-state index is 13.9. The smallest absolute Gasteiger partial charge is 0.146 e. The third-order valence-corrected chi connectivity index (χ3v) is 5.74. The second-order valence-electron chi connectivity index (χ2n) is 7.36. The second kappa shape index (κ2) is 9.11. The summed E-state index contributed by atoms with van der Waals surface area (Å²) in [6.07, 6.45) is -0.573. The molecule has 3 aromatic carbocycles. The summed E-state index contributed by atoms with van der Waals surface area (Å²) in [5, 5.41) is 12.6. The van der Waals surface area contributed by atoms with E-state index >= 15 is 0 Å². The lowest BCUT2D eigenvalue weighted by molar-refractivity contribution is 0.0663. The molecule has 0 radical (unpaired) electrons. The molecule has 0 aliphatic carbocycles. The monoisotopic (exact) mass is 458 g/mol. The molecule has 1 heterocycles. The van der Waals surface area contributed by atoms with Gasteiger partial charge in [0.15, 0.2) is 0 Å². The van der Waals surface area contributed by atoms with E-state index < -0.39 is 6.10 Å². The minimum Gasteiger partial charge on any atom is -0.491 e. The van der Waals surface area contributed by atoms with Crippen molar-refractivity contribution in [2.24, 2.45) is 0 Å². The van der Waals surface area contributed by atoms with Crippen LogP contribution in [-0.4, -0.2) is 55.4 Å². The van der Waals surface area contributed by atoms with Gasteiger partial charge in [-0.15, -0.1) is 0 Å². The van der Waals surface area contributed by atoms with Gasteiger partial charge < -0.3 is 14.7 Å². The van der Waals surface area contributed by atoms with E-state index in [9.17, 15) is 9.50 Å². The molecule has 1 atom stereocenters. The lowest BCUT2D eigenvalue weighted by Crippen LogP contribution is -2.49. The fourth-order valence-electron chi connectivity index (χ4n) is 3.71. The minimum atomic E-state index is -0.573. The molecule has 0 unspecified atom stereocenters. The summed E-state index contributed by atoms with van der Waals surface area (Å²) in [6, 6.07) is 18.9. The third-order valence-electron chi connectivity index (χ3n) is 5.25. The first-order valence-electron chi connectivity index (χ1n) is 9.80. The van der Waals surface area contributed by atoms with Crippen molar-refractivity contribution in [3.05, 3.63) is 71.0 Å². The van der Waals surface area contributed by atoms with Crippen LogP contribution in [0.2, 0.25) is 0 Å². The van der Waals surface area contributed by atoms with E-state index in [0.29, 0.717) is 12.2 Å². The number of halogens is 2. The average Bonchev–Trinajstić information content (AvgIpc) is 2.73. The van der Waals surface area contributed by atoms with Gasteiger partial charge in [-0.25, -0.2) is 4.39 Å². The molecule has 0 bridgehead atoms. The van der Waals surface area contributed by atoms with Gasteiger partial charge in [-0.1, -0.05) is 40.2 Å². The van der Waals surface area contributed by atoms with Crippen molar-refractivity contribution in [3.8, 4) is 5.75 Å². The number of piperazine rings is 1. The topological polar surface area (TPSA) is 35.9 Å². The van der Waals surface area contributed by atoms with Crippen LogP contribution in [0.4, 0.5) is 10.1 Å². The second-order valence-corrected chi connectivity index (χ2v) is 8.27. The Hall–Kier alpha value is -2.15. The van der Waals surface area contributed by atoms with Crippen molar-refractivity contribution in [2.45, 2.75) is 6.10 Å². The lowest BCUT2D eigenvalue weighted by Gasteiger charge is -2.36. The number of β-amino-alcohol motifs (C(OH)–C–C–N with tert-alkyl or cyclic N) is 1. The Kier molecular flexibility index (Phi) is 6.33. The Balaban J connectivity index is 1.26. The number of fused-ring (bicyclic) bond motifs is 1. The molecule has 4 rings (SSSR count). The highest BCUT2D eigenvalue weighted by atomic mass is 79.9. The van der Waals surface area contributed by atoms with Gasteiger partial charge in [0.1, 0.15) is 24.3 Å². The van der Waals surface area contributed by atoms with Gasteiger partial charge in [0, 0.05) is 37.2 Å². The number of benzene rings is 3. The predicted molar refractivity (Wildman–Crippen MR) is 118 cm³/mol. The lowest BCUT2D eigenvalue weighted by atomic mass is 10.1.